The van der Waals surface area contributed by atoms with Gasteiger partial charge in [0.2, 0.25) is 0 Å². The van der Waals surface area contributed by atoms with Crippen molar-refractivity contribution in [3.05, 3.63) is 53.2 Å². The van der Waals surface area contributed by atoms with Crippen molar-refractivity contribution >= 4 is 23.6 Å². The summed E-state index contributed by atoms with van der Waals surface area (Å²) in [6.07, 6.45) is 1.56. The van der Waals surface area contributed by atoms with Crippen LogP contribution in [0.1, 0.15) is 26.3 Å². The van der Waals surface area contributed by atoms with Crippen LogP contribution in [-0.2, 0) is 0 Å². The van der Waals surface area contributed by atoms with E-state index < -0.39 is 11.9 Å². The molecule has 0 unspecified atom stereocenters. The quantitative estimate of drug-likeness (QED) is 0.900. The highest BCUT2D eigenvalue weighted by Gasteiger charge is 2.13. The molecule has 0 radical (unpaired) electrons. The molecular weight excluding hydrogens is 276 g/mol. The smallest absolute Gasteiger partial charge is 0.335 e. The van der Waals surface area contributed by atoms with Crippen molar-refractivity contribution in [1.29, 1.82) is 0 Å². The number of hydrogen-bond donors (Lipinski definition) is 2. The average molecular weight is 288 g/mol. The predicted octanol–water partition coefficient (Wildman–Crippen LogP) is 2.34. The number of primary amides is 1. The van der Waals surface area contributed by atoms with Gasteiger partial charge in [-0.1, -0.05) is 17.8 Å². The molecule has 0 aliphatic carbocycles. The number of nitrogens with two attached hydrogens (primary N) is 1. The zero-order chi connectivity index (χ0) is 14.7. The molecule has 0 saturated heterocycles. The molecule has 20 heavy (non-hydrogen) atoms. The third-order valence-corrected chi connectivity index (χ3v) is 3.70. The molecule has 0 aliphatic heterocycles. The van der Waals surface area contributed by atoms with Crippen LogP contribution in [0.25, 0.3) is 0 Å². The van der Waals surface area contributed by atoms with Gasteiger partial charge in [-0.2, -0.15) is 0 Å². The first-order valence-electron chi connectivity index (χ1n) is 5.75. The Morgan fingerprint density at radius 2 is 2.00 bits per heavy atom. The molecule has 0 bridgehead atoms. The summed E-state index contributed by atoms with van der Waals surface area (Å²) < 4.78 is 0. The van der Waals surface area contributed by atoms with E-state index in [2.05, 4.69) is 4.98 Å². The number of pyridine rings is 1. The summed E-state index contributed by atoms with van der Waals surface area (Å²) in [7, 11) is 0. The van der Waals surface area contributed by atoms with E-state index in [0.29, 0.717) is 21.0 Å². The molecule has 3 N–H and O–H groups in total. The summed E-state index contributed by atoms with van der Waals surface area (Å²) in [4.78, 5) is 27.2. The first kappa shape index (κ1) is 14.1. The minimum Gasteiger partial charge on any atom is -0.478 e. The zero-order valence-corrected chi connectivity index (χ0v) is 11.5. The van der Waals surface area contributed by atoms with Gasteiger partial charge in [-0.15, -0.1) is 0 Å². The van der Waals surface area contributed by atoms with E-state index in [4.69, 9.17) is 10.8 Å². The normalized spacial score (nSPS) is 10.2. The largest absolute Gasteiger partial charge is 0.478 e. The van der Waals surface area contributed by atoms with E-state index in [-0.39, 0.29) is 5.56 Å². The van der Waals surface area contributed by atoms with Crippen LogP contribution >= 0.6 is 11.8 Å². The van der Waals surface area contributed by atoms with Gasteiger partial charge in [-0.3, -0.25) is 4.79 Å². The Balaban J connectivity index is 2.38. The van der Waals surface area contributed by atoms with Gasteiger partial charge in [-0.25, -0.2) is 9.78 Å². The minimum absolute atomic E-state index is 0.228. The number of aryl methyl sites for hydroxylation is 1. The van der Waals surface area contributed by atoms with Gasteiger partial charge in [0, 0.05) is 11.1 Å². The third-order valence-electron chi connectivity index (χ3n) is 2.69. The van der Waals surface area contributed by atoms with Crippen LogP contribution in [0.3, 0.4) is 0 Å². The Morgan fingerprint density at radius 3 is 2.65 bits per heavy atom. The molecule has 1 aromatic carbocycles. The van der Waals surface area contributed by atoms with Crippen molar-refractivity contribution in [3.63, 3.8) is 0 Å². The van der Waals surface area contributed by atoms with Gasteiger partial charge in [0.05, 0.1) is 11.1 Å². The Kier molecular flexibility index (Phi) is 4.05. The van der Waals surface area contributed by atoms with Crippen molar-refractivity contribution in [2.75, 3.05) is 0 Å². The number of carboxylic acid groups (broad SMARTS) is 1. The van der Waals surface area contributed by atoms with Crippen LogP contribution in [0.15, 0.2) is 46.5 Å². The maximum absolute atomic E-state index is 11.3. The number of rotatable bonds is 4. The van der Waals surface area contributed by atoms with Gasteiger partial charge in [0.25, 0.3) is 5.91 Å². The van der Waals surface area contributed by atoms with Crippen LogP contribution in [0, 0.1) is 6.92 Å². The maximum Gasteiger partial charge on any atom is 0.335 e. The van der Waals surface area contributed by atoms with E-state index in [1.165, 1.54) is 11.8 Å². The van der Waals surface area contributed by atoms with Crippen molar-refractivity contribution < 1.29 is 14.7 Å². The fourth-order valence-corrected chi connectivity index (χ4v) is 2.59. The van der Waals surface area contributed by atoms with Crippen molar-refractivity contribution in [1.82, 2.24) is 4.98 Å². The van der Waals surface area contributed by atoms with E-state index in [9.17, 15) is 9.59 Å². The summed E-state index contributed by atoms with van der Waals surface area (Å²) in [5.41, 5.74) is 6.51. The third kappa shape index (κ3) is 2.97. The lowest BCUT2D eigenvalue weighted by molar-refractivity contribution is 0.0695. The SMILES string of the molecule is Cc1ccc(Sc2ncccc2C(N)=O)cc1C(=O)O. The van der Waals surface area contributed by atoms with Crippen LogP contribution < -0.4 is 5.73 Å². The summed E-state index contributed by atoms with van der Waals surface area (Å²) in [6.45, 7) is 1.73. The number of carbonyl (C=O) groups is 2. The number of carbonyl (C=O) groups excluding carboxylic acids is 1. The van der Waals surface area contributed by atoms with Gasteiger partial charge in [0.15, 0.2) is 0 Å². The average Bonchev–Trinajstić information content (AvgIpc) is 2.41. The maximum atomic E-state index is 11.3. The lowest BCUT2D eigenvalue weighted by atomic mass is 10.1. The van der Waals surface area contributed by atoms with Gasteiger partial charge < -0.3 is 10.8 Å². The number of carboxylic acids is 1. The number of amides is 1. The lowest BCUT2D eigenvalue weighted by Crippen LogP contribution is -2.12. The van der Waals surface area contributed by atoms with Gasteiger partial charge in [0.1, 0.15) is 5.03 Å². The van der Waals surface area contributed by atoms with Gasteiger partial charge in [-0.05, 0) is 36.8 Å². The summed E-state index contributed by atoms with van der Waals surface area (Å²) >= 11 is 1.21. The molecule has 0 saturated carbocycles. The summed E-state index contributed by atoms with van der Waals surface area (Å²) in [5.74, 6) is -1.55. The molecule has 2 rings (SSSR count). The predicted molar refractivity (Wildman–Crippen MR) is 75.0 cm³/mol. The monoisotopic (exact) mass is 288 g/mol. The second-order valence-electron chi connectivity index (χ2n) is 4.10. The van der Waals surface area contributed by atoms with Crippen LogP contribution in [0.4, 0.5) is 0 Å². The molecule has 0 spiro atoms. The van der Waals surface area contributed by atoms with E-state index in [1.807, 2.05) is 0 Å². The molecule has 1 amide bonds. The minimum atomic E-state index is -0.985. The fourth-order valence-electron chi connectivity index (χ4n) is 1.67. The highest BCUT2D eigenvalue weighted by Crippen LogP contribution is 2.29. The second kappa shape index (κ2) is 5.75. The van der Waals surface area contributed by atoms with Gasteiger partial charge >= 0.3 is 5.97 Å². The Morgan fingerprint density at radius 1 is 1.25 bits per heavy atom. The summed E-state index contributed by atoms with van der Waals surface area (Å²) in [6, 6.07) is 8.28. The van der Waals surface area contributed by atoms with E-state index in [0.717, 1.165) is 0 Å². The zero-order valence-electron chi connectivity index (χ0n) is 10.7. The molecule has 2 aromatic rings. The molecule has 0 atom stereocenters. The van der Waals surface area contributed by atoms with E-state index >= 15 is 0 Å². The van der Waals surface area contributed by atoms with Crippen molar-refractivity contribution in [3.8, 4) is 0 Å². The van der Waals surface area contributed by atoms with Crippen LogP contribution in [-0.4, -0.2) is 22.0 Å². The highest BCUT2D eigenvalue weighted by molar-refractivity contribution is 7.99. The fraction of sp³-hybridized carbons (Fsp3) is 0.0714. The summed E-state index contributed by atoms with van der Waals surface area (Å²) in [5, 5.41) is 9.56. The second-order valence-corrected chi connectivity index (χ2v) is 5.17. The molecule has 0 aliphatic rings. The first-order valence-corrected chi connectivity index (χ1v) is 6.57. The topological polar surface area (TPSA) is 93.3 Å². The van der Waals surface area contributed by atoms with Crippen molar-refractivity contribution in [2.45, 2.75) is 16.8 Å². The Hall–Kier alpha value is -2.34. The lowest BCUT2D eigenvalue weighted by Gasteiger charge is -2.07. The molecular formula is C14H12N2O3S. The molecule has 5 nitrogen and oxygen atoms in total. The van der Waals surface area contributed by atoms with E-state index in [1.54, 1.807) is 43.5 Å². The molecule has 1 heterocycles. The number of benzene rings is 1. The number of aromatic carboxylic acids is 1. The molecule has 102 valence electrons. The number of nitrogens with zero attached hydrogens (tertiary/aromatic N) is 1. The standard InChI is InChI=1S/C14H12N2O3S/c1-8-4-5-9(7-11(8)14(18)19)20-13-10(12(15)17)3-2-6-16-13/h2-7H,1H3,(H2,15,17)(H,18,19). The van der Waals surface area contributed by atoms with Crippen molar-refractivity contribution in [2.24, 2.45) is 5.73 Å². The number of aromatic nitrogens is 1. The molecule has 0 fully saturated rings. The molecule has 6 heteroatoms. The first-order chi connectivity index (χ1) is 9.49. The molecule has 1 aromatic heterocycles. The highest BCUT2D eigenvalue weighted by atomic mass is 32.2. The van der Waals surface area contributed by atoms with Crippen LogP contribution in [0.5, 0.6) is 0 Å². The van der Waals surface area contributed by atoms with Crippen LogP contribution in [0.2, 0.25) is 0 Å². The number of hydrogen-bond acceptors (Lipinski definition) is 4. The Bertz CT molecular complexity index is 686. The Labute approximate surface area is 119 Å².